The lowest BCUT2D eigenvalue weighted by molar-refractivity contribution is -0.915. The smallest absolute Gasteiger partial charge is 0.206 e. The number of rotatable bonds is 5. The van der Waals surface area contributed by atoms with Gasteiger partial charge in [-0.25, -0.2) is 9.07 Å². The summed E-state index contributed by atoms with van der Waals surface area (Å²) in [5.74, 6) is 0.760. The van der Waals surface area contributed by atoms with Crippen molar-refractivity contribution in [2.75, 3.05) is 37.7 Å². The standard InChI is InChI=1S/C17H23FN6O/c18-15-5-1-2-6-16(15)23-9-7-22(8-10-23)13-17-19-20-21-24(17)12-14-4-3-11-25-14/h1-2,5-6,14H,3-4,7-13H2/p+1/t14-/m1/s1. The molecule has 2 aliphatic rings. The first-order valence-corrected chi connectivity index (χ1v) is 8.99. The van der Waals surface area contributed by atoms with Crippen LogP contribution in [0.2, 0.25) is 0 Å². The molecule has 25 heavy (non-hydrogen) atoms. The average Bonchev–Trinajstić information content (AvgIpc) is 3.29. The molecule has 2 saturated heterocycles. The molecular weight excluding hydrogens is 323 g/mol. The zero-order chi connectivity index (χ0) is 17.1. The number of benzene rings is 1. The number of anilines is 1. The molecule has 1 atom stereocenters. The maximum Gasteiger partial charge on any atom is 0.206 e. The number of piperazine rings is 1. The zero-order valence-electron chi connectivity index (χ0n) is 14.3. The number of para-hydroxylation sites is 1. The third-order valence-corrected chi connectivity index (χ3v) is 5.08. The van der Waals surface area contributed by atoms with Crippen LogP contribution < -0.4 is 9.80 Å². The van der Waals surface area contributed by atoms with Crippen molar-refractivity contribution >= 4 is 5.69 Å². The van der Waals surface area contributed by atoms with Crippen LogP contribution in [0.5, 0.6) is 0 Å². The molecule has 0 amide bonds. The molecule has 0 radical (unpaired) electrons. The Morgan fingerprint density at radius 3 is 2.84 bits per heavy atom. The van der Waals surface area contributed by atoms with Crippen molar-refractivity contribution in [3.8, 4) is 0 Å². The number of nitrogens with zero attached hydrogens (tertiary/aromatic N) is 5. The highest BCUT2D eigenvalue weighted by Crippen LogP contribution is 2.18. The first-order chi connectivity index (χ1) is 12.3. The van der Waals surface area contributed by atoms with Crippen LogP contribution in [0.4, 0.5) is 10.1 Å². The molecule has 2 aromatic rings. The van der Waals surface area contributed by atoms with Crippen molar-refractivity contribution in [3.63, 3.8) is 0 Å². The highest BCUT2D eigenvalue weighted by Gasteiger charge is 2.25. The first kappa shape index (κ1) is 16.4. The molecule has 7 nitrogen and oxygen atoms in total. The number of halogens is 1. The van der Waals surface area contributed by atoms with Gasteiger partial charge in [0.15, 0.2) is 0 Å². The van der Waals surface area contributed by atoms with E-state index in [1.165, 1.54) is 11.0 Å². The van der Waals surface area contributed by atoms with Gasteiger partial charge in [-0.1, -0.05) is 12.1 Å². The van der Waals surface area contributed by atoms with E-state index in [0.717, 1.165) is 64.5 Å². The summed E-state index contributed by atoms with van der Waals surface area (Å²) in [5, 5.41) is 12.2. The Bertz CT molecular complexity index is 694. The highest BCUT2D eigenvalue weighted by molar-refractivity contribution is 5.47. The zero-order valence-corrected chi connectivity index (χ0v) is 14.3. The van der Waals surface area contributed by atoms with E-state index in [1.807, 2.05) is 16.8 Å². The van der Waals surface area contributed by atoms with Gasteiger partial charge in [0.25, 0.3) is 0 Å². The summed E-state index contributed by atoms with van der Waals surface area (Å²) in [5.41, 5.74) is 0.699. The monoisotopic (exact) mass is 347 g/mol. The fraction of sp³-hybridized carbons (Fsp3) is 0.588. The maximum atomic E-state index is 13.9. The summed E-state index contributed by atoms with van der Waals surface area (Å²) >= 11 is 0. The lowest BCUT2D eigenvalue weighted by Crippen LogP contribution is -3.13. The summed E-state index contributed by atoms with van der Waals surface area (Å²) in [7, 11) is 0. The second-order valence-corrected chi connectivity index (χ2v) is 6.78. The molecule has 1 aromatic heterocycles. The number of tetrazole rings is 1. The van der Waals surface area contributed by atoms with E-state index in [2.05, 4.69) is 20.4 Å². The van der Waals surface area contributed by atoms with Gasteiger partial charge in [0.1, 0.15) is 12.4 Å². The second kappa shape index (κ2) is 7.45. The Morgan fingerprint density at radius 2 is 2.08 bits per heavy atom. The Labute approximate surface area is 146 Å². The van der Waals surface area contributed by atoms with Crippen molar-refractivity contribution in [1.29, 1.82) is 0 Å². The fourth-order valence-corrected chi connectivity index (χ4v) is 3.65. The van der Waals surface area contributed by atoms with Crippen molar-refractivity contribution in [1.82, 2.24) is 20.2 Å². The van der Waals surface area contributed by atoms with Gasteiger partial charge >= 0.3 is 0 Å². The number of ether oxygens (including phenoxy) is 1. The van der Waals surface area contributed by atoms with Crippen LogP contribution in [0, 0.1) is 5.82 Å². The molecule has 0 bridgehead atoms. The fourth-order valence-electron chi connectivity index (χ4n) is 3.65. The van der Waals surface area contributed by atoms with Crippen molar-refractivity contribution in [3.05, 3.63) is 35.9 Å². The highest BCUT2D eigenvalue weighted by atomic mass is 19.1. The van der Waals surface area contributed by atoms with Crippen LogP contribution in [-0.2, 0) is 17.8 Å². The quantitative estimate of drug-likeness (QED) is 0.818. The Kier molecular flexibility index (Phi) is 4.89. The average molecular weight is 347 g/mol. The Balaban J connectivity index is 1.33. The van der Waals surface area contributed by atoms with E-state index in [9.17, 15) is 4.39 Å². The van der Waals surface area contributed by atoms with Crippen molar-refractivity contribution in [2.45, 2.75) is 32.0 Å². The number of aromatic nitrogens is 4. The first-order valence-electron chi connectivity index (χ1n) is 8.99. The summed E-state index contributed by atoms with van der Waals surface area (Å²) in [6.07, 6.45) is 2.42. The van der Waals surface area contributed by atoms with Gasteiger partial charge in [0.05, 0.1) is 44.5 Å². The normalized spacial score (nSPS) is 21.8. The molecule has 0 saturated carbocycles. The Hall–Kier alpha value is -2.06. The molecule has 2 aliphatic heterocycles. The van der Waals surface area contributed by atoms with Crippen LogP contribution >= 0.6 is 0 Å². The largest absolute Gasteiger partial charge is 0.376 e. The molecule has 0 spiro atoms. The number of nitrogens with one attached hydrogen (secondary N) is 1. The molecule has 4 rings (SSSR count). The van der Waals surface area contributed by atoms with E-state index >= 15 is 0 Å². The van der Waals surface area contributed by atoms with Crippen LogP contribution in [0.3, 0.4) is 0 Å². The summed E-state index contributed by atoms with van der Waals surface area (Å²) < 4.78 is 21.5. The summed E-state index contributed by atoms with van der Waals surface area (Å²) in [6.45, 7) is 5.93. The lowest BCUT2D eigenvalue weighted by Gasteiger charge is -2.33. The van der Waals surface area contributed by atoms with Gasteiger partial charge in [-0.15, -0.1) is 5.10 Å². The molecule has 0 unspecified atom stereocenters. The molecule has 0 aliphatic carbocycles. The van der Waals surface area contributed by atoms with Gasteiger partial charge in [-0.2, -0.15) is 0 Å². The molecule has 8 heteroatoms. The molecule has 1 aromatic carbocycles. The predicted molar refractivity (Wildman–Crippen MR) is 89.8 cm³/mol. The summed E-state index contributed by atoms with van der Waals surface area (Å²) in [6, 6.07) is 6.99. The van der Waals surface area contributed by atoms with Gasteiger partial charge in [-0.3, -0.25) is 0 Å². The minimum atomic E-state index is -0.147. The van der Waals surface area contributed by atoms with E-state index in [4.69, 9.17) is 4.74 Å². The number of hydrogen-bond donors (Lipinski definition) is 1. The Morgan fingerprint density at radius 1 is 1.24 bits per heavy atom. The molecule has 2 fully saturated rings. The van der Waals surface area contributed by atoms with Crippen molar-refractivity contribution < 1.29 is 14.0 Å². The van der Waals surface area contributed by atoms with Crippen molar-refractivity contribution in [2.24, 2.45) is 0 Å². The minimum Gasteiger partial charge on any atom is -0.376 e. The molecule has 134 valence electrons. The second-order valence-electron chi connectivity index (χ2n) is 6.78. The third-order valence-electron chi connectivity index (χ3n) is 5.08. The van der Waals surface area contributed by atoms with E-state index in [-0.39, 0.29) is 11.9 Å². The van der Waals surface area contributed by atoms with E-state index in [0.29, 0.717) is 5.69 Å². The minimum absolute atomic E-state index is 0.147. The van der Waals surface area contributed by atoms with Gasteiger partial charge in [-0.05, 0) is 35.4 Å². The van der Waals surface area contributed by atoms with Gasteiger partial charge in [0.2, 0.25) is 5.82 Å². The van der Waals surface area contributed by atoms with Crippen LogP contribution in [0.25, 0.3) is 0 Å². The van der Waals surface area contributed by atoms with E-state index in [1.54, 1.807) is 6.07 Å². The SMILES string of the molecule is Fc1ccccc1N1CC[NH+](Cc2nnnn2C[C@H]2CCCO2)CC1. The van der Waals surface area contributed by atoms with E-state index < -0.39 is 0 Å². The lowest BCUT2D eigenvalue weighted by atomic mass is 10.2. The number of hydrogen-bond acceptors (Lipinski definition) is 5. The van der Waals surface area contributed by atoms with Gasteiger partial charge < -0.3 is 14.5 Å². The maximum absolute atomic E-state index is 13.9. The predicted octanol–water partition coefficient (Wildman–Crippen LogP) is -0.104. The van der Waals surface area contributed by atoms with Crippen LogP contribution in [0.1, 0.15) is 18.7 Å². The topological polar surface area (TPSA) is 60.5 Å². The molecule has 1 N–H and O–H groups in total. The number of quaternary nitrogens is 1. The van der Waals surface area contributed by atoms with Gasteiger partial charge in [0, 0.05) is 6.61 Å². The molecule has 3 heterocycles. The summed E-state index contributed by atoms with van der Waals surface area (Å²) in [4.78, 5) is 3.55. The van der Waals surface area contributed by atoms with Crippen LogP contribution in [0.15, 0.2) is 24.3 Å². The third kappa shape index (κ3) is 3.80. The van der Waals surface area contributed by atoms with Crippen LogP contribution in [-0.4, -0.2) is 59.1 Å². The molecular formula is C17H24FN6O+.